The first-order chi connectivity index (χ1) is 9.19. The first-order valence-corrected chi connectivity index (χ1v) is 6.89. The summed E-state index contributed by atoms with van der Waals surface area (Å²) in [5, 5.41) is 12.2. The molecule has 0 spiro atoms. The Kier molecular flexibility index (Phi) is 4.33. The third-order valence-corrected chi connectivity index (χ3v) is 3.82. The van der Waals surface area contributed by atoms with Gasteiger partial charge in [-0.2, -0.15) is 0 Å². The maximum atomic E-state index is 12.5. The molecule has 0 radical (unpaired) electrons. The van der Waals surface area contributed by atoms with Crippen molar-refractivity contribution in [2.24, 2.45) is 5.92 Å². The van der Waals surface area contributed by atoms with Gasteiger partial charge < -0.3 is 5.11 Å². The molecule has 1 atom stereocenters. The second kappa shape index (κ2) is 5.98. The molecule has 0 aromatic heterocycles. The molecular weight excluding hydrogens is 236 g/mol. The number of carbonyl (C=O) groups is 1. The van der Waals surface area contributed by atoms with Crippen molar-refractivity contribution in [3.63, 3.8) is 0 Å². The van der Waals surface area contributed by atoms with Gasteiger partial charge in [-0.1, -0.05) is 69.2 Å². The van der Waals surface area contributed by atoms with E-state index in [9.17, 15) is 9.90 Å². The average molecular weight is 256 g/mol. The molecule has 2 aromatic rings. The minimum absolute atomic E-state index is 0.0338. The van der Waals surface area contributed by atoms with Crippen LogP contribution in [-0.4, -0.2) is 17.0 Å². The van der Waals surface area contributed by atoms with Crippen LogP contribution in [0.3, 0.4) is 0 Å². The minimum atomic E-state index is -0.902. The fourth-order valence-electron chi connectivity index (χ4n) is 2.55. The van der Waals surface area contributed by atoms with Crippen molar-refractivity contribution >= 4 is 16.6 Å². The number of aliphatic hydroxyl groups excluding tert-OH is 1. The van der Waals surface area contributed by atoms with E-state index in [1.54, 1.807) is 6.07 Å². The Hall–Kier alpha value is -1.67. The van der Waals surface area contributed by atoms with Crippen LogP contribution in [-0.2, 0) is 0 Å². The van der Waals surface area contributed by atoms with E-state index >= 15 is 0 Å². The van der Waals surface area contributed by atoms with E-state index in [-0.39, 0.29) is 11.7 Å². The summed E-state index contributed by atoms with van der Waals surface area (Å²) < 4.78 is 0. The Morgan fingerprint density at radius 1 is 1.05 bits per heavy atom. The molecule has 0 heterocycles. The van der Waals surface area contributed by atoms with Crippen LogP contribution in [0.1, 0.15) is 37.0 Å². The summed E-state index contributed by atoms with van der Waals surface area (Å²) in [5.74, 6) is -0.128. The number of carbonyl (C=O) groups excluding carboxylic acids is 1. The van der Waals surface area contributed by atoms with Gasteiger partial charge in [0.15, 0.2) is 5.78 Å². The van der Waals surface area contributed by atoms with Crippen molar-refractivity contribution in [3.8, 4) is 0 Å². The second-order valence-corrected chi connectivity index (χ2v) is 4.91. The van der Waals surface area contributed by atoms with Crippen molar-refractivity contribution in [3.05, 3.63) is 48.0 Å². The zero-order valence-corrected chi connectivity index (χ0v) is 11.5. The summed E-state index contributed by atoms with van der Waals surface area (Å²) in [4.78, 5) is 12.5. The Balaban J connectivity index is 2.41. The first-order valence-electron chi connectivity index (χ1n) is 6.89. The summed E-state index contributed by atoms with van der Waals surface area (Å²) >= 11 is 0. The Morgan fingerprint density at radius 2 is 1.68 bits per heavy atom. The fourth-order valence-corrected chi connectivity index (χ4v) is 2.55. The summed E-state index contributed by atoms with van der Waals surface area (Å²) in [6, 6.07) is 13.4. The highest BCUT2D eigenvalue weighted by molar-refractivity contribution is 6.10. The molecule has 100 valence electrons. The maximum absolute atomic E-state index is 12.5. The van der Waals surface area contributed by atoms with Crippen LogP contribution in [0.5, 0.6) is 0 Å². The van der Waals surface area contributed by atoms with Gasteiger partial charge in [0.2, 0.25) is 0 Å². The van der Waals surface area contributed by atoms with E-state index in [1.807, 2.05) is 50.2 Å². The lowest BCUT2D eigenvalue weighted by Gasteiger charge is -2.19. The lowest BCUT2D eigenvalue weighted by Crippen LogP contribution is -2.29. The number of ketones is 1. The topological polar surface area (TPSA) is 37.3 Å². The van der Waals surface area contributed by atoms with Crippen LogP contribution in [0.25, 0.3) is 10.8 Å². The average Bonchev–Trinajstić information content (AvgIpc) is 2.47. The van der Waals surface area contributed by atoms with Crippen LogP contribution in [0.4, 0.5) is 0 Å². The zero-order valence-electron chi connectivity index (χ0n) is 11.5. The van der Waals surface area contributed by atoms with E-state index in [2.05, 4.69) is 0 Å². The zero-order chi connectivity index (χ0) is 13.8. The van der Waals surface area contributed by atoms with Crippen LogP contribution >= 0.6 is 0 Å². The van der Waals surface area contributed by atoms with Crippen molar-refractivity contribution in [1.29, 1.82) is 0 Å². The fraction of sp³-hybridized carbons (Fsp3) is 0.353. The van der Waals surface area contributed by atoms with Gasteiger partial charge in [-0.15, -0.1) is 0 Å². The van der Waals surface area contributed by atoms with Crippen molar-refractivity contribution in [2.45, 2.75) is 32.8 Å². The molecule has 1 unspecified atom stereocenters. The molecule has 0 aliphatic rings. The highest BCUT2D eigenvalue weighted by Crippen LogP contribution is 2.23. The Morgan fingerprint density at radius 3 is 2.37 bits per heavy atom. The molecule has 2 rings (SSSR count). The molecule has 19 heavy (non-hydrogen) atoms. The standard InChI is InChI=1S/C17H20O2/c1-3-12(4-2)16(18)17(19)15-11-7-9-13-8-5-6-10-14(13)15/h5-12,16,18H,3-4H2,1-2H3. The molecular formula is C17H20O2. The van der Waals surface area contributed by atoms with Gasteiger partial charge in [0, 0.05) is 5.56 Å². The highest BCUT2D eigenvalue weighted by Gasteiger charge is 2.25. The number of fused-ring (bicyclic) bond motifs is 1. The minimum Gasteiger partial charge on any atom is -0.385 e. The van der Waals surface area contributed by atoms with Gasteiger partial charge in [0.1, 0.15) is 6.10 Å². The summed E-state index contributed by atoms with van der Waals surface area (Å²) in [6.45, 7) is 4.02. The molecule has 2 aromatic carbocycles. The number of hydrogen-bond acceptors (Lipinski definition) is 2. The van der Waals surface area contributed by atoms with Gasteiger partial charge in [-0.3, -0.25) is 4.79 Å². The molecule has 0 aliphatic heterocycles. The van der Waals surface area contributed by atoms with Gasteiger partial charge >= 0.3 is 0 Å². The van der Waals surface area contributed by atoms with E-state index in [0.717, 1.165) is 23.6 Å². The SMILES string of the molecule is CCC(CC)C(O)C(=O)c1cccc2ccccc12. The van der Waals surface area contributed by atoms with Crippen LogP contribution < -0.4 is 0 Å². The molecule has 0 bridgehead atoms. The molecule has 0 saturated carbocycles. The largest absolute Gasteiger partial charge is 0.385 e. The number of aliphatic hydroxyl groups is 1. The molecule has 2 nitrogen and oxygen atoms in total. The first kappa shape index (κ1) is 13.8. The number of hydrogen-bond donors (Lipinski definition) is 1. The van der Waals surface area contributed by atoms with Crippen LogP contribution in [0.2, 0.25) is 0 Å². The molecule has 1 N–H and O–H groups in total. The molecule has 0 aliphatic carbocycles. The quantitative estimate of drug-likeness (QED) is 0.826. The highest BCUT2D eigenvalue weighted by atomic mass is 16.3. The molecule has 2 heteroatoms. The maximum Gasteiger partial charge on any atom is 0.192 e. The number of rotatable bonds is 5. The van der Waals surface area contributed by atoms with Crippen LogP contribution in [0, 0.1) is 5.92 Å². The van der Waals surface area contributed by atoms with E-state index < -0.39 is 6.10 Å². The third kappa shape index (κ3) is 2.69. The molecule has 0 amide bonds. The van der Waals surface area contributed by atoms with Crippen molar-refractivity contribution in [1.82, 2.24) is 0 Å². The number of Topliss-reactive ketones (excluding diaryl/α,β-unsaturated/α-hetero) is 1. The van der Waals surface area contributed by atoms with Gasteiger partial charge in [0.05, 0.1) is 0 Å². The second-order valence-electron chi connectivity index (χ2n) is 4.91. The predicted molar refractivity (Wildman–Crippen MR) is 78.4 cm³/mol. The molecule has 0 saturated heterocycles. The Labute approximate surface area is 114 Å². The molecule has 0 fully saturated rings. The smallest absolute Gasteiger partial charge is 0.192 e. The lowest BCUT2D eigenvalue weighted by atomic mass is 9.89. The monoisotopic (exact) mass is 256 g/mol. The summed E-state index contributed by atoms with van der Waals surface area (Å²) in [5.41, 5.74) is 0.623. The third-order valence-electron chi connectivity index (χ3n) is 3.82. The van der Waals surface area contributed by atoms with Crippen molar-refractivity contribution < 1.29 is 9.90 Å². The van der Waals surface area contributed by atoms with E-state index in [1.165, 1.54) is 0 Å². The summed E-state index contributed by atoms with van der Waals surface area (Å²) in [7, 11) is 0. The lowest BCUT2D eigenvalue weighted by molar-refractivity contribution is 0.0590. The van der Waals surface area contributed by atoms with E-state index in [0.29, 0.717) is 5.56 Å². The van der Waals surface area contributed by atoms with Crippen molar-refractivity contribution in [2.75, 3.05) is 0 Å². The van der Waals surface area contributed by atoms with Gasteiger partial charge in [0.25, 0.3) is 0 Å². The van der Waals surface area contributed by atoms with Gasteiger partial charge in [-0.05, 0) is 16.7 Å². The normalized spacial score (nSPS) is 12.8. The summed E-state index contributed by atoms with van der Waals surface area (Å²) in [6.07, 6.45) is 0.725. The number of benzene rings is 2. The Bertz CT molecular complexity index is 565. The van der Waals surface area contributed by atoms with Crippen LogP contribution in [0.15, 0.2) is 42.5 Å². The van der Waals surface area contributed by atoms with Gasteiger partial charge in [-0.25, -0.2) is 0 Å². The predicted octanol–water partition coefficient (Wildman–Crippen LogP) is 3.82. The van der Waals surface area contributed by atoms with E-state index in [4.69, 9.17) is 0 Å².